The minimum atomic E-state index is -3.83. The van der Waals surface area contributed by atoms with Gasteiger partial charge in [0.1, 0.15) is 0 Å². The summed E-state index contributed by atoms with van der Waals surface area (Å²) in [5.74, 6) is -2.42. The Kier molecular flexibility index (Phi) is 23.8. The summed E-state index contributed by atoms with van der Waals surface area (Å²) in [4.78, 5) is 35.3. The van der Waals surface area contributed by atoms with E-state index in [1.54, 1.807) is 16.8 Å². The molecule has 3 rings (SSSR count). The number of carbonyl (C=O) groups excluding carboxylic acids is 1. The molecule has 0 atom stereocenters. The zero-order valence-electron chi connectivity index (χ0n) is 25.7. The van der Waals surface area contributed by atoms with Gasteiger partial charge < -0.3 is 20.8 Å². The Morgan fingerprint density at radius 2 is 1.46 bits per heavy atom. The number of nitrogens with zero attached hydrogens (tertiary/aromatic N) is 3. The average Bonchev–Trinajstić information content (AvgIpc) is 3.47. The van der Waals surface area contributed by atoms with E-state index in [9.17, 15) is 22.8 Å². The Labute approximate surface area is 291 Å². The third-order valence-corrected chi connectivity index (χ3v) is 6.98. The number of amides is 1. The van der Waals surface area contributed by atoms with Crippen molar-refractivity contribution in [1.82, 2.24) is 25.3 Å². The van der Waals surface area contributed by atoms with Gasteiger partial charge in [-0.15, -0.1) is 0 Å². The fraction of sp³-hybridized carbons (Fsp3) is 0.300. The van der Waals surface area contributed by atoms with Gasteiger partial charge in [0.25, 0.3) is 0 Å². The molecule has 1 heterocycles. The maximum absolute atomic E-state index is 12.3. The van der Waals surface area contributed by atoms with Crippen molar-refractivity contribution in [3.8, 4) is 16.9 Å². The number of aromatic nitrogens is 2. The normalized spacial score (nSPS) is 9.94. The van der Waals surface area contributed by atoms with Crippen LogP contribution in [-0.4, -0.2) is 83.9 Å². The summed E-state index contributed by atoms with van der Waals surface area (Å²) in [5, 5.41) is 33.5. The van der Waals surface area contributed by atoms with Crippen molar-refractivity contribution in [2.75, 3.05) is 32.7 Å². The zero-order valence-corrected chi connectivity index (χ0v) is 28.4. The molecule has 6 N–H and O–H groups in total. The van der Waals surface area contributed by atoms with Crippen LogP contribution in [-0.2, 0) is 65.0 Å². The molecule has 0 saturated carbocycles. The summed E-state index contributed by atoms with van der Waals surface area (Å²) in [7, 11) is -3.83. The Balaban J connectivity index is 0. The molecular formula is C30H34N6O10STc. The van der Waals surface area contributed by atoms with Crippen molar-refractivity contribution in [1.29, 1.82) is 0 Å². The largest absolute Gasteiger partial charge is 0 e. The van der Waals surface area contributed by atoms with E-state index in [1.807, 2.05) is 37.3 Å². The van der Waals surface area contributed by atoms with Gasteiger partial charge in [-0.05, 0) is 56.6 Å². The van der Waals surface area contributed by atoms with Crippen molar-refractivity contribution in [2.24, 2.45) is 5.14 Å². The van der Waals surface area contributed by atoms with Gasteiger partial charge in [0.05, 0.1) is 41.6 Å². The molecule has 0 unspecified atom stereocenters. The number of hydrogen-bond acceptors (Lipinski definition) is 8. The van der Waals surface area contributed by atoms with E-state index < -0.39 is 22.0 Å². The number of unbranched alkanes of at least 4 members (excludes halogenated alkanes) is 1. The maximum Gasteiger partial charge on any atom is 0 e. The molecule has 16 nitrogen and oxygen atoms in total. The second-order valence-corrected chi connectivity index (χ2v) is 11.1. The van der Waals surface area contributed by atoms with E-state index in [2.05, 4.69) is 35.7 Å². The number of benzene rings is 2. The second kappa shape index (κ2) is 24.9. The van der Waals surface area contributed by atoms with Crippen molar-refractivity contribution >= 4 is 27.9 Å². The first kappa shape index (κ1) is 45.9. The van der Waals surface area contributed by atoms with Gasteiger partial charge in [-0.1, -0.05) is 29.8 Å². The molecule has 0 bridgehead atoms. The average molecular weight is 769 g/mol. The van der Waals surface area contributed by atoms with Crippen LogP contribution in [0.15, 0.2) is 59.5 Å². The van der Waals surface area contributed by atoms with Crippen LogP contribution in [0.4, 0.5) is 0 Å². The molecule has 0 aliphatic heterocycles. The SMILES string of the molecule is Cc1ccc(-c2cc(CNCC(=O)NCCCCN(CC(=O)O)CC(=O)O)nn2-c2ccc(S(N)(=O)=O)cc2)cc1.[C-]#[O+].[C-]#[O+].[C-]#[O+].[Tc]. The topological polar surface area (TPSA) is 257 Å². The molecule has 2 aromatic carbocycles. The fourth-order valence-electron chi connectivity index (χ4n) is 4.07. The number of nitrogens with two attached hydrogens (primary N) is 1. The molecule has 48 heavy (non-hydrogen) atoms. The van der Waals surface area contributed by atoms with Gasteiger partial charge in [-0.3, -0.25) is 19.3 Å². The first-order valence-corrected chi connectivity index (χ1v) is 15.0. The molecule has 1 aromatic heterocycles. The summed E-state index contributed by atoms with van der Waals surface area (Å²) < 4.78 is 47.5. The molecule has 257 valence electrons. The van der Waals surface area contributed by atoms with Gasteiger partial charge in [0.2, 0.25) is 15.9 Å². The first-order valence-electron chi connectivity index (χ1n) is 13.5. The molecule has 18 heteroatoms. The number of hydrogen-bond donors (Lipinski definition) is 5. The third kappa shape index (κ3) is 17.1. The van der Waals surface area contributed by atoms with Crippen LogP contribution in [0.2, 0.25) is 0 Å². The number of nitrogens with one attached hydrogen (secondary N) is 2. The van der Waals surface area contributed by atoms with E-state index in [-0.39, 0.29) is 50.5 Å². The quantitative estimate of drug-likeness (QED) is 0.0780. The maximum atomic E-state index is 12.3. The van der Waals surface area contributed by atoms with Crippen molar-refractivity contribution in [3.63, 3.8) is 0 Å². The summed E-state index contributed by atoms with van der Waals surface area (Å²) in [6.45, 7) is 15.8. The van der Waals surface area contributed by atoms with Gasteiger partial charge in [-0.2, -0.15) is 5.10 Å². The Morgan fingerprint density at radius 3 is 1.96 bits per heavy atom. The first-order chi connectivity index (χ1) is 22.4. The fourth-order valence-corrected chi connectivity index (χ4v) is 4.59. The molecule has 3 aromatic rings. The van der Waals surface area contributed by atoms with Gasteiger partial charge >= 0.3 is 45.8 Å². The predicted molar refractivity (Wildman–Crippen MR) is 163 cm³/mol. The van der Waals surface area contributed by atoms with Crippen molar-refractivity contribution in [3.05, 3.63) is 85.8 Å². The van der Waals surface area contributed by atoms with Crippen LogP contribution in [0.5, 0.6) is 0 Å². The van der Waals surface area contributed by atoms with E-state index in [1.165, 1.54) is 17.0 Å². The molecule has 1 radical (unpaired) electrons. The smallest absolute Gasteiger partial charge is 0 e. The number of aliphatic carboxylic acids is 2. The van der Waals surface area contributed by atoms with Crippen molar-refractivity contribution < 1.29 is 67.1 Å². The summed E-state index contributed by atoms with van der Waals surface area (Å²) in [6.07, 6.45) is 1.10. The van der Waals surface area contributed by atoms with E-state index >= 15 is 0 Å². The minimum Gasteiger partial charge on any atom is 0 e. The van der Waals surface area contributed by atoms with Crippen LogP contribution in [0.25, 0.3) is 16.9 Å². The zero-order chi connectivity index (χ0) is 36.0. The van der Waals surface area contributed by atoms with E-state index in [0.29, 0.717) is 43.9 Å². The van der Waals surface area contributed by atoms with E-state index in [4.69, 9.17) is 29.3 Å². The molecule has 0 fully saturated rings. The third-order valence-electron chi connectivity index (χ3n) is 6.05. The Morgan fingerprint density at radius 1 is 0.917 bits per heavy atom. The Bertz CT molecular complexity index is 1580. The number of carbonyl (C=O) groups is 3. The van der Waals surface area contributed by atoms with Gasteiger partial charge in [0, 0.05) is 38.8 Å². The molecule has 1 amide bonds. The second-order valence-electron chi connectivity index (χ2n) is 9.50. The minimum absolute atomic E-state index is 0. The number of carboxylic acid groups (broad SMARTS) is 2. The number of carboxylic acids is 2. The molecule has 0 saturated heterocycles. The number of aryl methyl sites for hydroxylation is 1. The van der Waals surface area contributed by atoms with Crippen LogP contribution >= 0.6 is 0 Å². The summed E-state index contributed by atoms with van der Waals surface area (Å²) in [5.41, 5.74) is 4.11. The predicted octanol–water partition coefficient (Wildman–Crippen LogP) is 0.837. The Hall–Kier alpha value is -4.24. The van der Waals surface area contributed by atoms with Crippen LogP contribution in [0.1, 0.15) is 24.1 Å². The number of primary sulfonamides is 1. The standard InChI is InChI=1S/C27H34N6O7S.3CO.Tc/c1-19-4-6-20(7-5-19)24-14-21(31-33(24)22-8-10-23(11-9-22)41(28,39)40)15-29-16-25(34)30-12-2-3-13-32(17-26(35)36)18-27(37)38;3*1-2;/h4-11,14,29H,2-3,12-13,15-18H2,1H3,(H,30,34)(H,35,36)(H,37,38)(H2,28,39,40);;;;. The monoisotopic (exact) mass is 767 g/mol. The van der Waals surface area contributed by atoms with E-state index in [0.717, 1.165) is 16.8 Å². The van der Waals surface area contributed by atoms with Crippen molar-refractivity contribution in [2.45, 2.75) is 31.2 Å². The van der Waals surface area contributed by atoms with Crippen LogP contribution in [0, 0.1) is 26.9 Å². The van der Waals surface area contributed by atoms with Crippen LogP contribution in [0.3, 0.4) is 0 Å². The van der Waals surface area contributed by atoms with Gasteiger partial charge in [-0.25, -0.2) is 18.2 Å². The summed E-state index contributed by atoms with van der Waals surface area (Å²) in [6, 6.07) is 15.9. The number of rotatable bonds is 16. The molecule has 0 spiro atoms. The molecule has 0 aliphatic carbocycles. The van der Waals surface area contributed by atoms with Crippen LogP contribution < -0.4 is 15.8 Å². The molecular weight excluding hydrogens is 734 g/mol. The van der Waals surface area contributed by atoms with Gasteiger partial charge in [0.15, 0.2) is 0 Å². The molecule has 0 aliphatic rings. The number of sulfonamides is 1. The summed E-state index contributed by atoms with van der Waals surface area (Å²) >= 11 is 0.